The van der Waals surface area contributed by atoms with Crippen molar-refractivity contribution in [3.8, 4) is 11.5 Å². The fraction of sp³-hybridized carbons (Fsp3) is 0.333. The van der Waals surface area contributed by atoms with Crippen molar-refractivity contribution in [2.24, 2.45) is 0 Å². The summed E-state index contributed by atoms with van der Waals surface area (Å²) in [6.07, 6.45) is 0. The molecule has 20 heavy (non-hydrogen) atoms. The second-order valence-corrected chi connectivity index (χ2v) is 10.9. The molecule has 1 aliphatic heterocycles. The van der Waals surface area contributed by atoms with Gasteiger partial charge in [0.2, 0.25) is 0 Å². The Kier molecular flexibility index (Phi) is 2.84. The summed E-state index contributed by atoms with van der Waals surface area (Å²) in [4.78, 5) is 0. The maximum absolute atomic E-state index is 6.22. The van der Waals surface area contributed by atoms with Gasteiger partial charge in [0.1, 0.15) is 19.6 Å². The molecule has 0 unspecified atom stereocenters. The van der Waals surface area contributed by atoms with Crippen LogP contribution in [0.25, 0.3) is 0 Å². The van der Waals surface area contributed by atoms with Crippen molar-refractivity contribution in [3.05, 3.63) is 46.5 Å². The van der Waals surface area contributed by atoms with Crippen LogP contribution in [0.1, 0.15) is 22.3 Å². The van der Waals surface area contributed by atoms with Gasteiger partial charge < -0.3 is 4.74 Å². The Bertz CT molecular complexity index is 654. The lowest BCUT2D eigenvalue weighted by atomic mass is 10.1. The van der Waals surface area contributed by atoms with Crippen LogP contribution in [-0.4, -0.2) is 8.07 Å². The first kappa shape index (κ1) is 13.4. The number of hydrogen-bond acceptors (Lipinski definition) is 1. The topological polar surface area (TPSA) is 9.23 Å². The van der Waals surface area contributed by atoms with Crippen molar-refractivity contribution < 1.29 is 4.74 Å². The molecule has 0 N–H and O–H groups in total. The minimum Gasteiger partial charge on any atom is -0.458 e. The number of fused-ring (bicyclic) bond motifs is 2. The molecular formula is C18H22OSi. The van der Waals surface area contributed by atoms with Crippen LogP contribution < -0.4 is 15.1 Å². The molecule has 0 saturated heterocycles. The third-order valence-electron chi connectivity index (χ3n) is 4.76. The monoisotopic (exact) mass is 282 g/mol. The van der Waals surface area contributed by atoms with Gasteiger partial charge in [0.25, 0.3) is 0 Å². The van der Waals surface area contributed by atoms with Crippen molar-refractivity contribution in [2.45, 2.75) is 40.8 Å². The minimum atomic E-state index is -1.67. The van der Waals surface area contributed by atoms with Crippen molar-refractivity contribution in [2.75, 3.05) is 0 Å². The molecule has 0 atom stereocenters. The highest BCUT2D eigenvalue weighted by atomic mass is 28.3. The van der Waals surface area contributed by atoms with Gasteiger partial charge in [-0.25, -0.2) is 0 Å². The number of ether oxygens (including phenoxy) is 1. The van der Waals surface area contributed by atoms with Gasteiger partial charge in [-0.3, -0.25) is 0 Å². The van der Waals surface area contributed by atoms with E-state index in [1.807, 2.05) is 0 Å². The third-order valence-corrected chi connectivity index (χ3v) is 8.23. The zero-order valence-corrected chi connectivity index (χ0v) is 14.2. The zero-order chi connectivity index (χ0) is 14.7. The predicted molar refractivity (Wildman–Crippen MR) is 88.7 cm³/mol. The van der Waals surface area contributed by atoms with Crippen LogP contribution in [0.4, 0.5) is 0 Å². The fourth-order valence-corrected chi connectivity index (χ4v) is 5.91. The van der Waals surface area contributed by atoms with Gasteiger partial charge >= 0.3 is 0 Å². The Hall–Kier alpha value is -1.54. The van der Waals surface area contributed by atoms with Crippen molar-refractivity contribution >= 4 is 18.4 Å². The van der Waals surface area contributed by atoms with Crippen LogP contribution in [0.3, 0.4) is 0 Å². The molecule has 0 fully saturated rings. The van der Waals surface area contributed by atoms with Crippen LogP contribution >= 0.6 is 0 Å². The summed E-state index contributed by atoms with van der Waals surface area (Å²) in [5.41, 5.74) is 5.34. The summed E-state index contributed by atoms with van der Waals surface area (Å²) in [7, 11) is -1.67. The SMILES string of the molecule is Cc1cc2c(cc1C)[Si](C)(C)c1cc(C)c(C)cc1O2. The molecule has 2 aromatic carbocycles. The van der Waals surface area contributed by atoms with Crippen LogP contribution in [0, 0.1) is 27.7 Å². The molecule has 0 spiro atoms. The van der Waals surface area contributed by atoms with Gasteiger partial charge in [-0.2, -0.15) is 0 Å². The maximum atomic E-state index is 6.22. The lowest BCUT2D eigenvalue weighted by Gasteiger charge is -2.34. The Balaban J connectivity index is 2.28. The van der Waals surface area contributed by atoms with E-state index in [9.17, 15) is 0 Å². The molecule has 2 aromatic rings. The Morgan fingerprint density at radius 2 is 1.00 bits per heavy atom. The van der Waals surface area contributed by atoms with Crippen LogP contribution in [0.15, 0.2) is 24.3 Å². The Morgan fingerprint density at radius 1 is 0.650 bits per heavy atom. The summed E-state index contributed by atoms with van der Waals surface area (Å²) in [5.74, 6) is 2.14. The molecule has 1 aliphatic rings. The first-order valence-electron chi connectivity index (χ1n) is 7.22. The van der Waals surface area contributed by atoms with E-state index in [-0.39, 0.29) is 0 Å². The van der Waals surface area contributed by atoms with Crippen LogP contribution in [-0.2, 0) is 0 Å². The second kappa shape index (κ2) is 4.22. The first-order valence-corrected chi connectivity index (χ1v) is 10.2. The molecule has 1 heterocycles. The quantitative estimate of drug-likeness (QED) is 0.667. The van der Waals surface area contributed by atoms with E-state index < -0.39 is 8.07 Å². The molecule has 0 radical (unpaired) electrons. The third kappa shape index (κ3) is 1.82. The van der Waals surface area contributed by atoms with E-state index in [1.54, 1.807) is 0 Å². The molecule has 3 rings (SSSR count). The van der Waals surface area contributed by atoms with E-state index in [4.69, 9.17) is 4.74 Å². The smallest absolute Gasteiger partial charge is 0.127 e. The zero-order valence-electron chi connectivity index (χ0n) is 13.2. The minimum absolute atomic E-state index is 1.07. The van der Waals surface area contributed by atoms with Gasteiger partial charge in [-0.15, -0.1) is 0 Å². The van der Waals surface area contributed by atoms with Gasteiger partial charge in [0.15, 0.2) is 0 Å². The Labute approximate surface area is 122 Å². The lowest BCUT2D eigenvalue weighted by molar-refractivity contribution is 0.485. The standard InChI is InChI=1S/C18H22OSi/c1-11-7-15-17(9-13(11)3)20(5,6)18-10-14(4)12(2)8-16(18)19-15/h7-10H,1-6H3. The van der Waals surface area contributed by atoms with Crippen LogP contribution in [0.5, 0.6) is 11.5 Å². The molecule has 0 saturated carbocycles. The highest BCUT2D eigenvalue weighted by Gasteiger charge is 2.36. The molecule has 2 heteroatoms. The maximum Gasteiger partial charge on any atom is 0.127 e. The fourth-order valence-electron chi connectivity index (χ4n) is 2.99. The molecule has 0 aromatic heterocycles. The molecule has 104 valence electrons. The van der Waals surface area contributed by atoms with E-state index >= 15 is 0 Å². The van der Waals surface area contributed by atoms with Gasteiger partial charge in [-0.1, -0.05) is 25.2 Å². The molecular weight excluding hydrogens is 260 g/mol. The van der Waals surface area contributed by atoms with E-state index in [0.29, 0.717) is 0 Å². The highest BCUT2D eigenvalue weighted by molar-refractivity contribution is 7.01. The molecule has 0 bridgehead atoms. The second-order valence-electron chi connectivity index (χ2n) is 6.59. The summed E-state index contributed by atoms with van der Waals surface area (Å²) in [5, 5.41) is 2.85. The number of benzene rings is 2. The van der Waals surface area contributed by atoms with E-state index in [0.717, 1.165) is 11.5 Å². The van der Waals surface area contributed by atoms with Gasteiger partial charge in [-0.05, 0) is 72.5 Å². The van der Waals surface area contributed by atoms with E-state index in [1.165, 1.54) is 32.6 Å². The molecule has 1 nitrogen and oxygen atoms in total. The van der Waals surface area contributed by atoms with Gasteiger partial charge in [0.05, 0.1) is 0 Å². The predicted octanol–water partition coefficient (Wildman–Crippen LogP) is 3.85. The summed E-state index contributed by atoms with van der Waals surface area (Å²) < 4.78 is 6.22. The first-order chi connectivity index (χ1) is 9.30. The van der Waals surface area contributed by atoms with Crippen LogP contribution in [0.2, 0.25) is 13.1 Å². The average molecular weight is 282 g/mol. The normalized spacial score (nSPS) is 15.3. The van der Waals surface area contributed by atoms with Crippen molar-refractivity contribution in [1.82, 2.24) is 0 Å². The summed E-state index contributed by atoms with van der Waals surface area (Å²) in [6.45, 7) is 13.5. The molecule has 0 aliphatic carbocycles. The lowest BCUT2D eigenvalue weighted by Crippen LogP contribution is -2.56. The average Bonchev–Trinajstić information content (AvgIpc) is 2.35. The largest absolute Gasteiger partial charge is 0.458 e. The van der Waals surface area contributed by atoms with Crippen molar-refractivity contribution in [3.63, 3.8) is 0 Å². The number of hydrogen-bond donors (Lipinski definition) is 0. The van der Waals surface area contributed by atoms with Gasteiger partial charge in [0, 0.05) is 0 Å². The number of aryl methyl sites for hydroxylation is 4. The Morgan fingerprint density at radius 3 is 1.40 bits per heavy atom. The summed E-state index contributed by atoms with van der Waals surface area (Å²) in [6, 6.07) is 9.10. The highest BCUT2D eigenvalue weighted by Crippen LogP contribution is 2.31. The van der Waals surface area contributed by atoms with E-state index in [2.05, 4.69) is 65.1 Å². The van der Waals surface area contributed by atoms with Crippen molar-refractivity contribution in [1.29, 1.82) is 0 Å². The molecule has 0 amide bonds. The summed E-state index contributed by atoms with van der Waals surface area (Å²) >= 11 is 0. The number of rotatable bonds is 0.